The predicted molar refractivity (Wildman–Crippen MR) is 43.5 cm³/mol. The van der Waals surface area contributed by atoms with Crippen LogP contribution >= 0.6 is 12.4 Å². The molecule has 0 fully saturated rings. The van der Waals surface area contributed by atoms with Gasteiger partial charge in [0.15, 0.2) is 5.82 Å². The molecule has 1 aromatic rings. The summed E-state index contributed by atoms with van der Waals surface area (Å²) in [5.41, 5.74) is -0.201. The molecule has 0 amide bonds. The summed E-state index contributed by atoms with van der Waals surface area (Å²) in [5, 5.41) is 16.6. The smallest absolute Gasteiger partial charge is 0.193 e. The largest absolute Gasteiger partial charge is 0.308 e. The fraction of sp³-hybridized carbons (Fsp3) is 0.800. The van der Waals surface area contributed by atoms with Gasteiger partial charge in [-0.2, -0.15) is 5.21 Å². The molecular weight excluding hydrogens is 166 g/mol. The van der Waals surface area contributed by atoms with Gasteiger partial charge in [0.05, 0.1) is 5.54 Å². The van der Waals surface area contributed by atoms with Gasteiger partial charge >= 0.3 is 0 Å². The Bertz CT molecular complexity index is 195. The zero-order valence-corrected chi connectivity index (χ0v) is 7.57. The van der Waals surface area contributed by atoms with Gasteiger partial charge in [0, 0.05) is 0 Å². The van der Waals surface area contributed by atoms with Gasteiger partial charge in [0.25, 0.3) is 0 Å². The number of hydrogen-bond donors (Lipinski definition) is 2. The number of rotatable bonds is 2. The van der Waals surface area contributed by atoms with Crippen LogP contribution in [0.2, 0.25) is 0 Å². The Kier molecular flexibility index (Phi) is 3.41. The normalized spacial score (nSPS) is 10.8. The standard InChI is InChI=1S/C5H11N5.ClH/c1-5(2,6-3)4-7-9-10-8-4;/h6H,1-3H3,(H,7,8,9,10);1H. The molecule has 0 spiro atoms. The molecule has 0 aromatic carbocycles. The molecular formula is C5H12ClN5. The molecule has 0 aliphatic carbocycles. The third-order valence-corrected chi connectivity index (χ3v) is 1.53. The quantitative estimate of drug-likeness (QED) is 0.672. The number of tetrazole rings is 1. The van der Waals surface area contributed by atoms with Crippen LogP contribution in [0.4, 0.5) is 0 Å². The van der Waals surface area contributed by atoms with Gasteiger partial charge in [0.2, 0.25) is 0 Å². The molecule has 0 aliphatic rings. The summed E-state index contributed by atoms with van der Waals surface area (Å²) in [6.07, 6.45) is 0. The van der Waals surface area contributed by atoms with Crippen molar-refractivity contribution in [2.45, 2.75) is 19.4 Å². The fourth-order valence-corrected chi connectivity index (χ4v) is 0.538. The Morgan fingerprint density at radius 3 is 2.45 bits per heavy atom. The summed E-state index contributed by atoms with van der Waals surface area (Å²) < 4.78 is 0. The molecule has 0 bridgehead atoms. The van der Waals surface area contributed by atoms with E-state index in [1.165, 1.54) is 0 Å². The first kappa shape index (κ1) is 10.3. The lowest BCUT2D eigenvalue weighted by Gasteiger charge is -2.18. The van der Waals surface area contributed by atoms with E-state index >= 15 is 0 Å². The zero-order chi connectivity index (χ0) is 7.61. The Morgan fingerprint density at radius 1 is 1.45 bits per heavy atom. The monoisotopic (exact) mass is 177 g/mol. The third kappa shape index (κ3) is 2.13. The minimum atomic E-state index is -0.201. The van der Waals surface area contributed by atoms with Gasteiger partial charge in [-0.15, -0.1) is 22.6 Å². The van der Waals surface area contributed by atoms with E-state index in [2.05, 4.69) is 25.9 Å². The van der Waals surface area contributed by atoms with Crippen LogP contribution in [0.15, 0.2) is 0 Å². The summed E-state index contributed by atoms with van der Waals surface area (Å²) in [4.78, 5) is 0. The summed E-state index contributed by atoms with van der Waals surface area (Å²) in [7, 11) is 1.86. The summed E-state index contributed by atoms with van der Waals surface area (Å²) in [5.74, 6) is 0.676. The topological polar surface area (TPSA) is 66.5 Å². The molecule has 6 heteroatoms. The van der Waals surface area contributed by atoms with E-state index in [9.17, 15) is 0 Å². The summed E-state index contributed by atoms with van der Waals surface area (Å²) >= 11 is 0. The summed E-state index contributed by atoms with van der Waals surface area (Å²) in [6.45, 7) is 3.97. The van der Waals surface area contributed by atoms with E-state index in [0.717, 1.165) is 0 Å². The minimum Gasteiger partial charge on any atom is -0.308 e. The lowest BCUT2D eigenvalue weighted by Crippen LogP contribution is -2.34. The highest BCUT2D eigenvalue weighted by Crippen LogP contribution is 2.11. The number of nitrogens with one attached hydrogen (secondary N) is 2. The van der Waals surface area contributed by atoms with Crippen LogP contribution in [-0.2, 0) is 5.54 Å². The molecule has 0 saturated carbocycles. The van der Waals surface area contributed by atoms with Gasteiger partial charge < -0.3 is 5.32 Å². The maximum atomic E-state index is 3.85. The number of nitrogens with zero attached hydrogens (tertiary/aromatic N) is 3. The van der Waals surface area contributed by atoms with Crippen molar-refractivity contribution in [3.63, 3.8) is 0 Å². The molecule has 1 rings (SSSR count). The zero-order valence-electron chi connectivity index (χ0n) is 6.75. The van der Waals surface area contributed by atoms with Gasteiger partial charge in [-0.25, -0.2) is 0 Å². The number of H-pyrrole nitrogens is 1. The van der Waals surface area contributed by atoms with Gasteiger partial charge in [-0.05, 0) is 20.9 Å². The van der Waals surface area contributed by atoms with E-state index in [-0.39, 0.29) is 17.9 Å². The lowest BCUT2D eigenvalue weighted by atomic mass is 10.1. The number of aromatic nitrogens is 4. The molecule has 0 aliphatic heterocycles. The Labute approximate surface area is 71.4 Å². The van der Waals surface area contributed by atoms with Crippen molar-refractivity contribution in [2.24, 2.45) is 0 Å². The van der Waals surface area contributed by atoms with Crippen molar-refractivity contribution in [1.82, 2.24) is 25.9 Å². The fourth-order valence-electron chi connectivity index (χ4n) is 0.538. The number of aromatic amines is 1. The molecule has 0 radical (unpaired) electrons. The first-order valence-electron chi connectivity index (χ1n) is 3.09. The van der Waals surface area contributed by atoms with Crippen LogP contribution in [0, 0.1) is 0 Å². The molecule has 5 nitrogen and oxygen atoms in total. The number of hydrogen-bond acceptors (Lipinski definition) is 4. The predicted octanol–water partition coefficient (Wildman–Crippen LogP) is 0.0760. The van der Waals surface area contributed by atoms with Crippen molar-refractivity contribution >= 4 is 12.4 Å². The molecule has 0 unspecified atom stereocenters. The van der Waals surface area contributed by atoms with Crippen LogP contribution in [0.25, 0.3) is 0 Å². The summed E-state index contributed by atoms with van der Waals surface area (Å²) in [6, 6.07) is 0. The highest BCUT2D eigenvalue weighted by Gasteiger charge is 2.21. The SMILES string of the molecule is CNC(C)(C)c1nn[nH]n1.Cl. The van der Waals surface area contributed by atoms with Gasteiger partial charge in [0.1, 0.15) is 0 Å². The molecule has 1 heterocycles. The van der Waals surface area contributed by atoms with Crippen molar-refractivity contribution in [1.29, 1.82) is 0 Å². The van der Waals surface area contributed by atoms with Crippen LogP contribution in [0.1, 0.15) is 19.7 Å². The first-order chi connectivity index (χ1) is 4.67. The third-order valence-electron chi connectivity index (χ3n) is 1.53. The van der Waals surface area contributed by atoms with Crippen LogP contribution < -0.4 is 5.32 Å². The molecule has 1 aromatic heterocycles. The lowest BCUT2D eigenvalue weighted by molar-refractivity contribution is 0.417. The molecule has 0 saturated heterocycles. The van der Waals surface area contributed by atoms with Crippen molar-refractivity contribution < 1.29 is 0 Å². The maximum Gasteiger partial charge on any atom is 0.193 e. The Hall–Kier alpha value is -0.680. The Balaban J connectivity index is 0.000001000. The second kappa shape index (κ2) is 3.64. The van der Waals surface area contributed by atoms with Gasteiger partial charge in [-0.3, -0.25) is 0 Å². The van der Waals surface area contributed by atoms with Crippen molar-refractivity contribution in [3.8, 4) is 0 Å². The molecule has 64 valence electrons. The van der Waals surface area contributed by atoms with E-state index in [1.54, 1.807) is 0 Å². The highest BCUT2D eigenvalue weighted by molar-refractivity contribution is 5.85. The van der Waals surface area contributed by atoms with E-state index in [4.69, 9.17) is 0 Å². The van der Waals surface area contributed by atoms with Crippen molar-refractivity contribution in [2.75, 3.05) is 7.05 Å². The second-order valence-corrected chi connectivity index (χ2v) is 2.61. The highest BCUT2D eigenvalue weighted by atomic mass is 35.5. The Morgan fingerprint density at radius 2 is 2.09 bits per heavy atom. The molecule has 0 atom stereocenters. The minimum absolute atomic E-state index is 0. The van der Waals surface area contributed by atoms with Gasteiger partial charge in [-0.1, -0.05) is 5.21 Å². The van der Waals surface area contributed by atoms with E-state index in [1.807, 2.05) is 20.9 Å². The average Bonchev–Trinajstić information content (AvgIpc) is 2.38. The van der Waals surface area contributed by atoms with Crippen LogP contribution in [-0.4, -0.2) is 27.7 Å². The van der Waals surface area contributed by atoms with Crippen LogP contribution in [0.3, 0.4) is 0 Å². The molecule has 11 heavy (non-hydrogen) atoms. The molecule has 2 N–H and O–H groups in total. The number of halogens is 1. The first-order valence-corrected chi connectivity index (χ1v) is 3.09. The van der Waals surface area contributed by atoms with Crippen LogP contribution in [0.5, 0.6) is 0 Å². The second-order valence-electron chi connectivity index (χ2n) is 2.61. The van der Waals surface area contributed by atoms with Crippen molar-refractivity contribution in [3.05, 3.63) is 5.82 Å². The maximum absolute atomic E-state index is 3.85. The van der Waals surface area contributed by atoms with E-state index in [0.29, 0.717) is 5.82 Å². The van der Waals surface area contributed by atoms with E-state index < -0.39 is 0 Å². The average molecular weight is 178 g/mol.